The summed E-state index contributed by atoms with van der Waals surface area (Å²) in [5.41, 5.74) is 1.17. The number of hydrogen-bond donors (Lipinski definition) is 1. The zero-order chi connectivity index (χ0) is 21.0. The minimum Gasteiger partial charge on any atom is -0.493 e. The van der Waals surface area contributed by atoms with Gasteiger partial charge in [0.1, 0.15) is 5.75 Å². The van der Waals surface area contributed by atoms with Crippen molar-refractivity contribution in [3.63, 3.8) is 0 Å². The number of carbonyl (C=O) groups excluding carboxylic acids is 2. The van der Waals surface area contributed by atoms with Gasteiger partial charge in [0.05, 0.1) is 27.0 Å². The zero-order valence-electron chi connectivity index (χ0n) is 16.9. The second-order valence-electron chi connectivity index (χ2n) is 6.43. The topological polar surface area (TPSA) is 86.3 Å². The summed E-state index contributed by atoms with van der Waals surface area (Å²) in [6.45, 7) is 1.93. The van der Waals surface area contributed by atoms with E-state index < -0.39 is 6.10 Å². The Morgan fingerprint density at radius 1 is 1.10 bits per heavy atom. The van der Waals surface area contributed by atoms with Crippen molar-refractivity contribution in [1.29, 1.82) is 0 Å². The second kappa shape index (κ2) is 8.72. The molecule has 1 aliphatic heterocycles. The van der Waals surface area contributed by atoms with Gasteiger partial charge in [-0.05, 0) is 19.1 Å². The maximum Gasteiger partial charge on any atom is 0.267 e. The van der Waals surface area contributed by atoms with E-state index in [1.807, 2.05) is 12.1 Å². The Morgan fingerprint density at radius 2 is 1.76 bits per heavy atom. The smallest absolute Gasteiger partial charge is 0.267 e. The maximum absolute atomic E-state index is 12.5. The lowest BCUT2D eigenvalue weighted by atomic mass is 10.1. The van der Waals surface area contributed by atoms with Crippen LogP contribution in [0.25, 0.3) is 0 Å². The van der Waals surface area contributed by atoms with E-state index in [4.69, 9.17) is 18.9 Å². The Labute approximate surface area is 169 Å². The molecule has 0 aromatic heterocycles. The molecule has 2 aromatic carbocycles. The van der Waals surface area contributed by atoms with E-state index in [2.05, 4.69) is 5.32 Å². The van der Waals surface area contributed by atoms with Crippen LogP contribution >= 0.6 is 0 Å². The predicted molar refractivity (Wildman–Crippen MR) is 108 cm³/mol. The van der Waals surface area contributed by atoms with Crippen LogP contribution in [0.3, 0.4) is 0 Å². The number of hydrogen-bond acceptors (Lipinski definition) is 6. The van der Waals surface area contributed by atoms with Gasteiger partial charge < -0.3 is 29.2 Å². The van der Waals surface area contributed by atoms with Gasteiger partial charge in [0.2, 0.25) is 11.7 Å². The Hall–Kier alpha value is -3.42. The van der Waals surface area contributed by atoms with Crippen LogP contribution in [0.1, 0.15) is 13.3 Å². The normalized spacial score (nSPS) is 15.2. The molecule has 8 nitrogen and oxygen atoms in total. The van der Waals surface area contributed by atoms with Gasteiger partial charge in [-0.25, -0.2) is 0 Å². The lowest BCUT2D eigenvalue weighted by molar-refractivity contribution is -0.125. The summed E-state index contributed by atoms with van der Waals surface area (Å²) in [6.07, 6.45) is -0.480. The summed E-state index contributed by atoms with van der Waals surface area (Å²) < 4.78 is 21.5. The molecule has 0 saturated carbocycles. The number of anilines is 2. The van der Waals surface area contributed by atoms with Crippen molar-refractivity contribution in [1.82, 2.24) is 0 Å². The summed E-state index contributed by atoms with van der Waals surface area (Å²) in [4.78, 5) is 26.6. The summed E-state index contributed by atoms with van der Waals surface area (Å²) in [6, 6.07) is 10.6. The number of rotatable bonds is 7. The average molecular weight is 400 g/mol. The third-order valence-electron chi connectivity index (χ3n) is 4.58. The number of carbonyl (C=O) groups is 2. The second-order valence-corrected chi connectivity index (χ2v) is 6.43. The Kier molecular flexibility index (Phi) is 6.11. The van der Waals surface area contributed by atoms with Crippen molar-refractivity contribution in [2.24, 2.45) is 0 Å². The van der Waals surface area contributed by atoms with Crippen molar-refractivity contribution < 1.29 is 28.5 Å². The third-order valence-corrected chi connectivity index (χ3v) is 4.58. The van der Waals surface area contributed by atoms with E-state index in [9.17, 15) is 9.59 Å². The molecule has 3 rings (SSSR count). The van der Waals surface area contributed by atoms with Gasteiger partial charge in [-0.2, -0.15) is 0 Å². The molecule has 2 aromatic rings. The minimum absolute atomic E-state index is 0.115. The SMILES string of the molecule is COc1cc(NC(=O)CCN2C(=O)[C@@H](C)Oc3ccccc32)cc(OC)c1OC. The van der Waals surface area contributed by atoms with Crippen LogP contribution in [-0.2, 0) is 9.59 Å². The molecule has 1 aliphatic rings. The molecule has 0 aliphatic carbocycles. The van der Waals surface area contributed by atoms with Gasteiger partial charge >= 0.3 is 0 Å². The summed E-state index contributed by atoms with van der Waals surface area (Å²) in [5, 5.41) is 2.81. The molecule has 154 valence electrons. The quantitative estimate of drug-likeness (QED) is 0.769. The van der Waals surface area contributed by atoms with Crippen molar-refractivity contribution in [2.45, 2.75) is 19.4 Å². The van der Waals surface area contributed by atoms with Crippen LogP contribution in [-0.4, -0.2) is 45.8 Å². The predicted octanol–water partition coefficient (Wildman–Crippen LogP) is 2.86. The highest BCUT2D eigenvalue weighted by Crippen LogP contribution is 2.40. The van der Waals surface area contributed by atoms with Crippen molar-refractivity contribution in [3.8, 4) is 23.0 Å². The van der Waals surface area contributed by atoms with Gasteiger partial charge in [0.15, 0.2) is 17.6 Å². The number of para-hydroxylation sites is 2. The molecule has 0 spiro atoms. The van der Waals surface area contributed by atoms with Crippen LogP contribution in [0.2, 0.25) is 0 Å². The molecule has 1 heterocycles. The van der Waals surface area contributed by atoms with Gasteiger partial charge in [0, 0.05) is 30.8 Å². The van der Waals surface area contributed by atoms with Crippen LogP contribution in [0.15, 0.2) is 36.4 Å². The third kappa shape index (κ3) is 4.21. The lowest BCUT2D eigenvalue weighted by Gasteiger charge is -2.32. The number of fused-ring (bicyclic) bond motifs is 1. The number of amides is 2. The molecule has 8 heteroatoms. The van der Waals surface area contributed by atoms with Crippen LogP contribution in [0.5, 0.6) is 23.0 Å². The van der Waals surface area contributed by atoms with E-state index >= 15 is 0 Å². The van der Waals surface area contributed by atoms with Crippen LogP contribution in [0.4, 0.5) is 11.4 Å². The van der Waals surface area contributed by atoms with Gasteiger partial charge in [0.25, 0.3) is 5.91 Å². The van der Waals surface area contributed by atoms with Crippen molar-refractivity contribution in [3.05, 3.63) is 36.4 Å². The highest BCUT2D eigenvalue weighted by atomic mass is 16.5. The molecule has 0 bridgehead atoms. The lowest BCUT2D eigenvalue weighted by Crippen LogP contribution is -2.45. The molecule has 1 atom stereocenters. The molecule has 0 fully saturated rings. The van der Waals surface area contributed by atoms with Crippen molar-refractivity contribution in [2.75, 3.05) is 38.1 Å². The average Bonchev–Trinajstić information content (AvgIpc) is 2.73. The van der Waals surface area contributed by atoms with E-state index in [1.165, 1.54) is 21.3 Å². The highest BCUT2D eigenvalue weighted by Gasteiger charge is 2.31. The first-order valence-corrected chi connectivity index (χ1v) is 9.15. The highest BCUT2D eigenvalue weighted by molar-refractivity contribution is 6.01. The number of ether oxygens (including phenoxy) is 4. The van der Waals surface area contributed by atoms with Crippen molar-refractivity contribution >= 4 is 23.2 Å². The van der Waals surface area contributed by atoms with E-state index in [0.29, 0.717) is 34.4 Å². The fourth-order valence-electron chi connectivity index (χ4n) is 3.18. The van der Waals surface area contributed by atoms with Gasteiger partial charge in [-0.3, -0.25) is 9.59 Å². The fourth-order valence-corrected chi connectivity index (χ4v) is 3.18. The minimum atomic E-state index is -0.594. The fraction of sp³-hybridized carbons (Fsp3) is 0.333. The molecular weight excluding hydrogens is 376 g/mol. The molecule has 0 saturated heterocycles. The summed E-state index contributed by atoms with van der Waals surface area (Å²) in [7, 11) is 4.52. The molecule has 29 heavy (non-hydrogen) atoms. The van der Waals surface area contributed by atoms with E-state index in [0.717, 1.165) is 0 Å². The number of methoxy groups -OCH3 is 3. The molecule has 0 radical (unpaired) electrons. The Balaban J connectivity index is 1.71. The number of nitrogens with zero attached hydrogens (tertiary/aromatic N) is 1. The first-order valence-electron chi connectivity index (χ1n) is 9.15. The summed E-state index contributed by atoms with van der Waals surface area (Å²) in [5.74, 6) is 1.52. The molecule has 1 N–H and O–H groups in total. The first-order chi connectivity index (χ1) is 14.0. The Morgan fingerprint density at radius 3 is 2.38 bits per heavy atom. The van der Waals surface area contributed by atoms with Gasteiger partial charge in [-0.1, -0.05) is 12.1 Å². The monoisotopic (exact) mass is 400 g/mol. The van der Waals surface area contributed by atoms with Gasteiger partial charge in [-0.15, -0.1) is 0 Å². The van der Waals surface area contributed by atoms with Crippen LogP contribution in [0, 0.1) is 0 Å². The molecule has 0 unspecified atom stereocenters. The maximum atomic E-state index is 12.5. The Bertz CT molecular complexity index is 889. The molecular formula is C21H24N2O6. The van der Waals surface area contributed by atoms with E-state index in [-0.39, 0.29) is 24.8 Å². The molecule has 2 amide bonds. The first kappa shape index (κ1) is 20.3. The zero-order valence-corrected chi connectivity index (χ0v) is 16.9. The van der Waals surface area contributed by atoms with Crippen LogP contribution < -0.4 is 29.2 Å². The van der Waals surface area contributed by atoms with E-state index in [1.54, 1.807) is 36.1 Å². The summed E-state index contributed by atoms with van der Waals surface area (Å²) >= 11 is 0. The number of nitrogens with one attached hydrogen (secondary N) is 1. The number of benzene rings is 2. The standard InChI is InChI=1S/C21H24N2O6/c1-13-21(25)23(15-7-5-6-8-16(15)29-13)10-9-19(24)22-14-11-17(26-2)20(28-4)18(12-14)27-3/h5-8,11-13H,9-10H2,1-4H3,(H,22,24)/t13-/m1/s1. The largest absolute Gasteiger partial charge is 0.493 e.